The van der Waals surface area contributed by atoms with Crippen LogP contribution in [0.4, 0.5) is 5.82 Å². The summed E-state index contributed by atoms with van der Waals surface area (Å²) in [5.41, 5.74) is 11.8. The van der Waals surface area contributed by atoms with E-state index in [1.165, 1.54) is 18.4 Å². The van der Waals surface area contributed by atoms with E-state index in [4.69, 9.17) is 15.9 Å². The molecule has 0 radical (unpaired) electrons. The third-order valence-electron chi connectivity index (χ3n) is 6.17. The molecule has 10 heteroatoms. The first-order chi connectivity index (χ1) is 15.2. The minimum Gasteiger partial charge on any atom is -0.384 e. The van der Waals surface area contributed by atoms with E-state index in [9.17, 15) is 8.42 Å². The summed E-state index contributed by atoms with van der Waals surface area (Å²) >= 11 is 0. The standard InChI is InChI=1S/C22H27N7O2S/c1-14-7-21(23)25-15(2)20(14)13-29-12-19(32(24,30)31)11-28(29)10-18-9-27-8-17(16-3-4-16)5-6-22(27)26-18/h5-9,11,16H,3-4,10,12-13H2,1-2H3,(H2,23,25)(H2,24,30,31). The largest absolute Gasteiger partial charge is 0.384 e. The molecule has 2 aliphatic rings. The van der Waals surface area contributed by atoms with Gasteiger partial charge in [0.25, 0.3) is 0 Å². The van der Waals surface area contributed by atoms with Crippen molar-refractivity contribution in [1.29, 1.82) is 0 Å². The summed E-state index contributed by atoms with van der Waals surface area (Å²) in [7, 11) is -3.80. The number of aryl methyl sites for hydroxylation is 2. The number of nitrogen functional groups attached to an aromatic ring is 1. The predicted molar refractivity (Wildman–Crippen MR) is 122 cm³/mol. The fourth-order valence-corrected chi connectivity index (χ4v) is 4.88. The molecule has 1 aliphatic heterocycles. The summed E-state index contributed by atoms with van der Waals surface area (Å²) in [5.74, 6) is 1.14. The van der Waals surface area contributed by atoms with Crippen LogP contribution in [0.3, 0.4) is 0 Å². The van der Waals surface area contributed by atoms with Gasteiger partial charge in [-0.05, 0) is 61.4 Å². The Bertz CT molecular complexity index is 1320. The minimum absolute atomic E-state index is 0.177. The van der Waals surface area contributed by atoms with Crippen LogP contribution < -0.4 is 10.9 Å². The molecule has 1 aliphatic carbocycles. The van der Waals surface area contributed by atoms with Gasteiger partial charge in [0.1, 0.15) is 11.5 Å². The van der Waals surface area contributed by atoms with E-state index in [1.807, 2.05) is 46.6 Å². The van der Waals surface area contributed by atoms with E-state index < -0.39 is 10.0 Å². The molecule has 168 valence electrons. The van der Waals surface area contributed by atoms with Gasteiger partial charge in [0.2, 0.25) is 10.0 Å². The summed E-state index contributed by atoms with van der Waals surface area (Å²) in [5, 5.41) is 9.27. The highest BCUT2D eigenvalue weighted by Gasteiger charge is 2.29. The highest BCUT2D eigenvalue weighted by atomic mass is 32.2. The molecular formula is C22H27N7O2S. The lowest BCUT2D eigenvalue weighted by atomic mass is 10.1. The Morgan fingerprint density at radius 3 is 2.59 bits per heavy atom. The van der Waals surface area contributed by atoms with Crippen LogP contribution in [0.2, 0.25) is 0 Å². The first kappa shape index (κ1) is 20.9. The van der Waals surface area contributed by atoms with Crippen LogP contribution >= 0.6 is 0 Å². The first-order valence-corrected chi connectivity index (χ1v) is 12.2. The summed E-state index contributed by atoms with van der Waals surface area (Å²) in [6.07, 6.45) is 8.24. The second-order valence-corrected chi connectivity index (χ2v) is 10.3. The van der Waals surface area contributed by atoms with Crippen LogP contribution in [0, 0.1) is 13.8 Å². The number of rotatable bonds is 6. The molecule has 1 fully saturated rings. The van der Waals surface area contributed by atoms with Crippen LogP contribution in [0.25, 0.3) is 5.65 Å². The monoisotopic (exact) mass is 453 g/mol. The van der Waals surface area contributed by atoms with Crippen molar-refractivity contribution in [3.63, 3.8) is 0 Å². The summed E-state index contributed by atoms with van der Waals surface area (Å²) in [4.78, 5) is 9.27. The lowest BCUT2D eigenvalue weighted by Gasteiger charge is -2.29. The fourth-order valence-electron chi connectivity index (χ4n) is 4.29. The summed E-state index contributed by atoms with van der Waals surface area (Å²) < 4.78 is 26.2. The number of nitrogens with two attached hydrogens (primary N) is 2. The normalized spacial score (nSPS) is 17.3. The number of sulfonamides is 1. The van der Waals surface area contributed by atoms with E-state index in [2.05, 4.69) is 17.2 Å². The maximum Gasteiger partial charge on any atom is 0.237 e. The van der Waals surface area contributed by atoms with Gasteiger partial charge >= 0.3 is 0 Å². The third-order valence-corrected chi connectivity index (χ3v) is 7.14. The Kier molecular flexibility index (Phi) is 4.95. The molecule has 4 N–H and O–H groups in total. The van der Waals surface area contributed by atoms with Crippen LogP contribution in [-0.4, -0.2) is 39.3 Å². The molecule has 0 unspecified atom stereocenters. The van der Waals surface area contributed by atoms with Crippen LogP contribution in [0.5, 0.6) is 0 Å². The molecule has 3 aromatic rings. The van der Waals surface area contributed by atoms with Gasteiger partial charge in [-0.1, -0.05) is 6.07 Å². The van der Waals surface area contributed by atoms with Gasteiger partial charge in [-0.25, -0.2) is 28.5 Å². The number of pyridine rings is 2. The molecule has 0 bridgehead atoms. The maximum atomic E-state index is 12.1. The smallest absolute Gasteiger partial charge is 0.237 e. The number of nitrogens with zero attached hydrogens (tertiary/aromatic N) is 5. The van der Waals surface area contributed by atoms with E-state index in [1.54, 1.807) is 6.20 Å². The highest BCUT2D eigenvalue weighted by molar-refractivity contribution is 7.93. The van der Waals surface area contributed by atoms with Gasteiger partial charge in [0.05, 0.1) is 23.7 Å². The van der Waals surface area contributed by atoms with Crippen molar-refractivity contribution in [2.45, 2.75) is 45.7 Å². The van der Waals surface area contributed by atoms with Gasteiger partial charge in [-0.2, -0.15) is 0 Å². The van der Waals surface area contributed by atoms with Gasteiger partial charge in [0, 0.05) is 30.8 Å². The van der Waals surface area contributed by atoms with Crippen molar-refractivity contribution >= 4 is 21.5 Å². The second-order valence-electron chi connectivity index (χ2n) is 8.72. The number of hydrazine groups is 1. The lowest BCUT2D eigenvalue weighted by molar-refractivity contribution is 0.0339. The van der Waals surface area contributed by atoms with E-state index in [-0.39, 0.29) is 11.4 Å². The summed E-state index contributed by atoms with van der Waals surface area (Å²) in [6.45, 7) is 5.00. The number of hydrogen-bond acceptors (Lipinski definition) is 7. The fraction of sp³-hybridized carbons (Fsp3) is 0.364. The Hall–Kier alpha value is -2.95. The molecule has 0 spiro atoms. The van der Waals surface area contributed by atoms with Gasteiger partial charge < -0.3 is 15.1 Å². The molecule has 3 aromatic heterocycles. The van der Waals surface area contributed by atoms with Crippen molar-refractivity contribution in [2.24, 2.45) is 5.14 Å². The van der Waals surface area contributed by atoms with Crippen molar-refractivity contribution in [2.75, 3.05) is 12.3 Å². The Morgan fingerprint density at radius 2 is 1.91 bits per heavy atom. The average molecular weight is 454 g/mol. The topological polar surface area (TPSA) is 123 Å². The Morgan fingerprint density at radius 1 is 1.12 bits per heavy atom. The lowest BCUT2D eigenvalue weighted by Crippen LogP contribution is -2.35. The van der Waals surface area contributed by atoms with Crippen LogP contribution in [-0.2, 0) is 23.1 Å². The molecule has 0 aromatic carbocycles. The molecule has 9 nitrogen and oxygen atoms in total. The first-order valence-electron chi connectivity index (χ1n) is 10.6. The molecule has 4 heterocycles. The van der Waals surface area contributed by atoms with E-state index in [0.717, 1.165) is 28.2 Å². The Balaban J connectivity index is 1.44. The van der Waals surface area contributed by atoms with Crippen molar-refractivity contribution in [3.8, 4) is 0 Å². The summed E-state index contributed by atoms with van der Waals surface area (Å²) in [6, 6.07) is 6.01. The molecule has 0 atom stereocenters. The zero-order valence-corrected chi connectivity index (χ0v) is 19.0. The van der Waals surface area contributed by atoms with Crippen molar-refractivity contribution < 1.29 is 8.42 Å². The van der Waals surface area contributed by atoms with Gasteiger partial charge in [0.15, 0.2) is 0 Å². The second kappa shape index (κ2) is 7.58. The molecule has 0 saturated heterocycles. The van der Waals surface area contributed by atoms with Crippen molar-refractivity contribution in [1.82, 2.24) is 24.4 Å². The molecule has 1 saturated carbocycles. The average Bonchev–Trinajstić information content (AvgIpc) is 3.35. The number of imidazole rings is 1. The number of aromatic nitrogens is 3. The Labute approximate surface area is 187 Å². The zero-order chi connectivity index (χ0) is 22.6. The minimum atomic E-state index is -3.80. The quantitative estimate of drug-likeness (QED) is 0.586. The number of primary sulfonamides is 1. The van der Waals surface area contributed by atoms with Crippen LogP contribution in [0.15, 0.2) is 41.7 Å². The number of fused-ring (bicyclic) bond motifs is 1. The molecule has 0 amide bonds. The van der Waals surface area contributed by atoms with Crippen molar-refractivity contribution in [3.05, 3.63) is 69.8 Å². The molecule has 32 heavy (non-hydrogen) atoms. The predicted octanol–water partition coefficient (Wildman–Crippen LogP) is 2.17. The van der Waals surface area contributed by atoms with Gasteiger partial charge in [-0.3, -0.25) is 0 Å². The van der Waals surface area contributed by atoms with E-state index in [0.29, 0.717) is 24.8 Å². The SMILES string of the molecule is Cc1cc(N)nc(C)c1CN1CC(S(N)(=O)=O)=CN1Cc1cn2cc(C3CC3)ccc2n1. The zero-order valence-electron chi connectivity index (χ0n) is 18.2. The van der Waals surface area contributed by atoms with Gasteiger partial charge in [-0.15, -0.1) is 0 Å². The number of hydrogen-bond donors (Lipinski definition) is 2. The van der Waals surface area contributed by atoms with Crippen LogP contribution in [0.1, 0.15) is 46.8 Å². The third kappa shape index (κ3) is 4.08. The van der Waals surface area contributed by atoms with E-state index >= 15 is 0 Å². The number of anilines is 1. The molecule has 5 rings (SSSR count). The molecular weight excluding hydrogens is 426 g/mol. The maximum absolute atomic E-state index is 12.1. The highest BCUT2D eigenvalue weighted by Crippen LogP contribution is 2.40.